The maximum atomic E-state index is 11.8. The molecule has 0 spiro atoms. The standard InChI is InChI=1S/C22H36N2O3/c1-4-6-8-9-10-11-13-22(25)24-23-18-19-14-15-20(21(17-19)26-3)27-16-12-7-5-2/h14-15,17-18H,4-13,16H2,1-3H3,(H,24,25)/b23-18-. The van der Waals surface area contributed by atoms with E-state index in [4.69, 9.17) is 9.47 Å². The van der Waals surface area contributed by atoms with Crippen molar-refractivity contribution < 1.29 is 14.3 Å². The first kappa shape index (κ1) is 23.0. The van der Waals surface area contributed by atoms with Gasteiger partial charge in [-0.1, -0.05) is 58.8 Å². The summed E-state index contributed by atoms with van der Waals surface area (Å²) in [6.07, 6.45) is 12.5. The number of nitrogens with one attached hydrogen (secondary N) is 1. The molecular formula is C22H36N2O3. The summed E-state index contributed by atoms with van der Waals surface area (Å²) in [6, 6.07) is 5.64. The highest BCUT2D eigenvalue weighted by atomic mass is 16.5. The lowest BCUT2D eigenvalue weighted by Gasteiger charge is -2.11. The number of hydrazone groups is 1. The average molecular weight is 377 g/mol. The van der Waals surface area contributed by atoms with E-state index in [0.717, 1.165) is 37.0 Å². The van der Waals surface area contributed by atoms with Crippen molar-refractivity contribution in [2.75, 3.05) is 13.7 Å². The lowest BCUT2D eigenvalue weighted by atomic mass is 10.1. The van der Waals surface area contributed by atoms with E-state index in [2.05, 4.69) is 24.4 Å². The Morgan fingerprint density at radius 2 is 1.70 bits per heavy atom. The van der Waals surface area contributed by atoms with Crippen LogP contribution in [0.2, 0.25) is 0 Å². The lowest BCUT2D eigenvalue weighted by molar-refractivity contribution is -0.121. The molecule has 0 aliphatic heterocycles. The third kappa shape index (κ3) is 10.6. The van der Waals surface area contributed by atoms with Crippen molar-refractivity contribution in [2.45, 2.75) is 78.1 Å². The highest BCUT2D eigenvalue weighted by molar-refractivity contribution is 5.83. The van der Waals surface area contributed by atoms with Crippen molar-refractivity contribution in [3.63, 3.8) is 0 Å². The predicted molar refractivity (Wildman–Crippen MR) is 112 cm³/mol. The molecule has 0 saturated heterocycles. The molecule has 1 amide bonds. The fourth-order valence-electron chi connectivity index (χ4n) is 2.72. The molecule has 0 bridgehead atoms. The van der Waals surface area contributed by atoms with Gasteiger partial charge in [-0.25, -0.2) is 5.43 Å². The fraction of sp³-hybridized carbons (Fsp3) is 0.636. The largest absolute Gasteiger partial charge is 0.493 e. The van der Waals surface area contributed by atoms with Gasteiger partial charge in [-0.3, -0.25) is 4.79 Å². The van der Waals surface area contributed by atoms with Crippen LogP contribution in [0.4, 0.5) is 0 Å². The molecule has 1 rings (SSSR count). The molecule has 27 heavy (non-hydrogen) atoms. The van der Waals surface area contributed by atoms with Crippen molar-refractivity contribution in [1.82, 2.24) is 5.43 Å². The molecule has 0 saturated carbocycles. The van der Waals surface area contributed by atoms with Crippen LogP contribution in [-0.4, -0.2) is 25.8 Å². The summed E-state index contributed by atoms with van der Waals surface area (Å²) in [7, 11) is 1.62. The molecule has 0 heterocycles. The lowest BCUT2D eigenvalue weighted by Crippen LogP contribution is -2.16. The third-order valence-electron chi connectivity index (χ3n) is 4.35. The predicted octanol–water partition coefficient (Wildman–Crippen LogP) is 5.46. The van der Waals surface area contributed by atoms with Gasteiger partial charge in [0, 0.05) is 6.42 Å². The molecule has 0 aliphatic rings. The fourth-order valence-corrected chi connectivity index (χ4v) is 2.72. The van der Waals surface area contributed by atoms with Gasteiger partial charge in [0.05, 0.1) is 19.9 Å². The van der Waals surface area contributed by atoms with Crippen LogP contribution in [-0.2, 0) is 4.79 Å². The molecule has 5 heteroatoms. The molecule has 0 aliphatic carbocycles. The Labute approximate surface area is 164 Å². The van der Waals surface area contributed by atoms with Crippen LogP contribution in [0.1, 0.15) is 83.6 Å². The van der Waals surface area contributed by atoms with Crippen molar-refractivity contribution in [3.05, 3.63) is 23.8 Å². The highest BCUT2D eigenvalue weighted by Crippen LogP contribution is 2.27. The normalized spacial score (nSPS) is 10.9. The Balaban J connectivity index is 2.36. The van der Waals surface area contributed by atoms with Gasteiger partial charge in [0.1, 0.15) is 0 Å². The van der Waals surface area contributed by atoms with Crippen molar-refractivity contribution in [3.8, 4) is 11.5 Å². The number of benzene rings is 1. The second kappa shape index (κ2) is 15.1. The number of nitrogens with zero attached hydrogens (tertiary/aromatic N) is 1. The maximum absolute atomic E-state index is 11.8. The van der Waals surface area contributed by atoms with Gasteiger partial charge in [0.15, 0.2) is 11.5 Å². The first-order valence-electron chi connectivity index (χ1n) is 10.3. The number of unbranched alkanes of at least 4 members (excludes halogenated alkanes) is 7. The summed E-state index contributed by atoms with van der Waals surface area (Å²) in [5.41, 5.74) is 3.45. The summed E-state index contributed by atoms with van der Waals surface area (Å²) in [6.45, 7) is 5.06. The maximum Gasteiger partial charge on any atom is 0.240 e. The van der Waals surface area contributed by atoms with Gasteiger partial charge >= 0.3 is 0 Å². The van der Waals surface area contributed by atoms with Crippen LogP contribution in [0.5, 0.6) is 11.5 Å². The molecule has 0 radical (unpaired) electrons. The van der Waals surface area contributed by atoms with E-state index in [1.807, 2.05) is 18.2 Å². The van der Waals surface area contributed by atoms with E-state index >= 15 is 0 Å². The molecule has 1 aromatic rings. The first-order chi connectivity index (χ1) is 13.2. The van der Waals surface area contributed by atoms with Gasteiger partial charge in [-0.05, 0) is 36.6 Å². The zero-order chi connectivity index (χ0) is 19.7. The van der Waals surface area contributed by atoms with Gasteiger partial charge in [-0.2, -0.15) is 5.10 Å². The molecule has 0 fully saturated rings. The van der Waals surface area contributed by atoms with Crippen molar-refractivity contribution >= 4 is 12.1 Å². The van der Waals surface area contributed by atoms with E-state index in [9.17, 15) is 4.79 Å². The molecule has 0 atom stereocenters. The molecule has 152 valence electrons. The smallest absolute Gasteiger partial charge is 0.240 e. The average Bonchev–Trinajstić information content (AvgIpc) is 2.68. The van der Waals surface area contributed by atoms with Gasteiger partial charge in [0.25, 0.3) is 0 Å². The number of hydrogen-bond acceptors (Lipinski definition) is 4. The van der Waals surface area contributed by atoms with Crippen LogP contribution in [0, 0.1) is 0 Å². The Morgan fingerprint density at radius 1 is 1.00 bits per heavy atom. The van der Waals surface area contributed by atoms with Crippen molar-refractivity contribution in [1.29, 1.82) is 0 Å². The SMILES string of the molecule is CCCCCCCCC(=O)N/N=C\c1ccc(OCCCCC)c(OC)c1. The molecule has 1 aromatic carbocycles. The minimum absolute atomic E-state index is 0.0374. The summed E-state index contributed by atoms with van der Waals surface area (Å²) in [5.74, 6) is 1.37. The number of hydrogen-bond donors (Lipinski definition) is 1. The number of carbonyl (C=O) groups is 1. The molecule has 0 aromatic heterocycles. The minimum Gasteiger partial charge on any atom is -0.493 e. The summed E-state index contributed by atoms with van der Waals surface area (Å²) < 4.78 is 11.2. The van der Waals surface area contributed by atoms with E-state index < -0.39 is 0 Å². The summed E-state index contributed by atoms with van der Waals surface area (Å²) in [4.78, 5) is 11.8. The Kier molecular flexibility index (Phi) is 12.8. The molecular weight excluding hydrogens is 340 g/mol. The number of ether oxygens (including phenoxy) is 2. The van der Waals surface area contributed by atoms with E-state index in [1.165, 1.54) is 32.1 Å². The van der Waals surface area contributed by atoms with E-state index in [1.54, 1.807) is 13.3 Å². The topological polar surface area (TPSA) is 59.9 Å². The van der Waals surface area contributed by atoms with E-state index in [-0.39, 0.29) is 5.91 Å². The zero-order valence-corrected chi connectivity index (χ0v) is 17.3. The minimum atomic E-state index is -0.0374. The van der Waals surface area contributed by atoms with Crippen molar-refractivity contribution in [2.24, 2.45) is 5.10 Å². The summed E-state index contributed by atoms with van der Waals surface area (Å²) in [5, 5.41) is 4.04. The highest BCUT2D eigenvalue weighted by Gasteiger charge is 2.05. The molecule has 0 unspecified atom stereocenters. The quantitative estimate of drug-likeness (QED) is 0.251. The number of carbonyl (C=O) groups excluding carboxylic acids is 1. The molecule has 5 nitrogen and oxygen atoms in total. The monoisotopic (exact) mass is 376 g/mol. The first-order valence-corrected chi connectivity index (χ1v) is 10.3. The van der Waals surface area contributed by atoms with Gasteiger partial charge < -0.3 is 9.47 Å². The summed E-state index contributed by atoms with van der Waals surface area (Å²) >= 11 is 0. The second-order valence-electron chi connectivity index (χ2n) is 6.78. The van der Waals surface area contributed by atoms with Gasteiger partial charge in [0.2, 0.25) is 5.91 Å². The Morgan fingerprint density at radius 3 is 2.44 bits per heavy atom. The second-order valence-corrected chi connectivity index (χ2v) is 6.78. The Hall–Kier alpha value is -2.04. The number of amides is 1. The van der Waals surface area contributed by atoms with Crippen LogP contribution in [0.15, 0.2) is 23.3 Å². The van der Waals surface area contributed by atoms with Crippen LogP contribution >= 0.6 is 0 Å². The van der Waals surface area contributed by atoms with Gasteiger partial charge in [-0.15, -0.1) is 0 Å². The number of methoxy groups -OCH3 is 1. The van der Waals surface area contributed by atoms with Crippen LogP contribution in [0.3, 0.4) is 0 Å². The van der Waals surface area contributed by atoms with Crippen LogP contribution in [0.25, 0.3) is 0 Å². The van der Waals surface area contributed by atoms with E-state index in [0.29, 0.717) is 18.8 Å². The zero-order valence-electron chi connectivity index (χ0n) is 17.3. The number of rotatable bonds is 15. The third-order valence-corrected chi connectivity index (χ3v) is 4.35. The molecule has 1 N–H and O–H groups in total. The Bertz CT molecular complexity index is 558. The van der Waals surface area contributed by atoms with Crippen LogP contribution < -0.4 is 14.9 Å².